The molecule has 1 aromatic heterocycles. The van der Waals surface area contributed by atoms with Crippen molar-refractivity contribution in [1.82, 2.24) is 15.6 Å². The molecule has 1 aromatic rings. The van der Waals surface area contributed by atoms with Crippen LogP contribution in [0, 0.1) is 5.92 Å². The van der Waals surface area contributed by atoms with Gasteiger partial charge < -0.3 is 21.3 Å². The van der Waals surface area contributed by atoms with Crippen molar-refractivity contribution in [1.29, 1.82) is 0 Å². The average Bonchev–Trinajstić information content (AvgIpc) is 3.18. The number of nitrogens with one attached hydrogen (secondary N) is 2. The van der Waals surface area contributed by atoms with Crippen molar-refractivity contribution in [3.63, 3.8) is 0 Å². The van der Waals surface area contributed by atoms with E-state index >= 15 is 0 Å². The summed E-state index contributed by atoms with van der Waals surface area (Å²) < 4.78 is 0. The van der Waals surface area contributed by atoms with E-state index in [1.54, 1.807) is 13.2 Å². The van der Waals surface area contributed by atoms with Gasteiger partial charge in [0.05, 0.1) is 5.92 Å². The minimum atomic E-state index is -0.222. The number of guanidine groups is 1. The van der Waals surface area contributed by atoms with E-state index in [0.29, 0.717) is 19.1 Å². The molecule has 0 aromatic carbocycles. The zero-order chi connectivity index (χ0) is 18.4. The minimum absolute atomic E-state index is 0.101. The van der Waals surface area contributed by atoms with E-state index < -0.39 is 0 Å². The number of hydrogen-bond acceptors (Lipinski definition) is 4. The summed E-state index contributed by atoms with van der Waals surface area (Å²) in [5.41, 5.74) is 6.60. The molecule has 2 aliphatic rings. The third-order valence-corrected chi connectivity index (χ3v) is 5.01. The van der Waals surface area contributed by atoms with Gasteiger partial charge in [-0.25, -0.2) is 4.98 Å². The lowest BCUT2D eigenvalue weighted by molar-refractivity contribution is -0.122. The van der Waals surface area contributed by atoms with Crippen LogP contribution < -0.4 is 21.3 Å². The quantitative estimate of drug-likeness (QED) is 0.418. The molecule has 7 nitrogen and oxygen atoms in total. The first-order chi connectivity index (χ1) is 12.7. The molecule has 3 rings (SSSR count). The van der Waals surface area contributed by atoms with Crippen LogP contribution in [0.4, 0.5) is 5.82 Å². The maximum atomic E-state index is 11.6. The molecule has 140 valence electrons. The van der Waals surface area contributed by atoms with Gasteiger partial charge in [-0.15, -0.1) is 0 Å². The van der Waals surface area contributed by atoms with Gasteiger partial charge in [0.15, 0.2) is 5.96 Å². The van der Waals surface area contributed by atoms with Crippen molar-refractivity contribution in [2.45, 2.75) is 38.3 Å². The van der Waals surface area contributed by atoms with Crippen molar-refractivity contribution >= 4 is 17.7 Å². The molecule has 1 aliphatic heterocycles. The number of nitrogens with zero attached hydrogens (tertiary/aromatic N) is 3. The van der Waals surface area contributed by atoms with E-state index in [0.717, 1.165) is 49.6 Å². The number of amides is 1. The molecular formula is C19H28N6O. The fourth-order valence-electron chi connectivity index (χ4n) is 3.56. The summed E-state index contributed by atoms with van der Waals surface area (Å²) in [6.07, 6.45) is 10.0. The largest absolute Gasteiger partial charge is 0.369 e. The van der Waals surface area contributed by atoms with E-state index in [1.807, 2.05) is 6.07 Å². The monoisotopic (exact) mass is 356 g/mol. The molecule has 0 radical (unpaired) electrons. The number of anilines is 1. The highest BCUT2D eigenvalue weighted by atomic mass is 16.1. The van der Waals surface area contributed by atoms with Gasteiger partial charge in [0.2, 0.25) is 5.91 Å². The van der Waals surface area contributed by atoms with Gasteiger partial charge in [0.1, 0.15) is 5.82 Å². The molecule has 2 heterocycles. The number of primary amides is 1. The highest BCUT2D eigenvalue weighted by Gasteiger charge is 2.26. The lowest BCUT2D eigenvalue weighted by Crippen LogP contribution is -2.43. The Labute approximate surface area is 154 Å². The lowest BCUT2D eigenvalue weighted by Gasteiger charge is -2.33. The molecule has 1 saturated heterocycles. The Morgan fingerprint density at radius 2 is 2.23 bits per heavy atom. The second-order valence-electron chi connectivity index (χ2n) is 6.88. The fraction of sp³-hybridized carbons (Fsp3) is 0.526. The second-order valence-corrected chi connectivity index (χ2v) is 6.88. The lowest BCUT2D eigenvalue weighted by atomic mass is 9.97. The third-order valence-electron chi connectivity index (χ3n) is 5.01. The van der Waals surface area contributed by atoms with Crippen LogP contribution in [0.1, 0.15) is 31.2 Å². The van der Waals surface area contributed by atoms with Crippen LogP contribution in [-0.2, 0) is 11.3 Å². The SMILES string of the molecule is CN=C(NCc1cccnc1N1CCCC(C(N)=O)C1)NC1CC=CC1. The molecule has 1 aliphatic carbocycles. The van der Waals surface area contributed by atoms with Gasteiger partial charge in [-0.2, -0.15) is 0 Å². The number of rotatable bonds is 5. The van der Waals surface area contributed by atoms with E-state index in [1.165, 1.54) is 0 Å². The Morgan fingerprint density at radius 1 is 1.42 bits per heavy atom. The topological polar surface area (TPSA) is 95.6 Å². The number of carbonyl (C=O) groups excluding carboxylic acids is 1. The van der Waals surface area contributed by atoms with Gasteiger partial charge in [-0.05, 0) is 31.7 Å². The van der Waals surface area contributed by atoms with E-state index in [4.69, 9.17) is 5.73 Å². The number of aromatic nitrogens is 1. The second kappa shape index (κ2) is 8.69. The first-order valence-electron chi connectivity index (χ1n) is 9.27. The molecule has 1 atom stereocenters. The van der Waals surface area contributed by atoms with E-state index in [9.17, 15) is 4.79 Å². The smallest absolute Gasteiger partial charge is 0.222 e. The summed E-state index contributed by atoms with van der Waals surface area (Å²) in [7, 11) is 1.78. The molecule has 1 amide bonds. The molecular weight excluding hydrogens is 328 g/mol. The summed E-state index contributed by atoms with van der Waals surface area (Å²) in [4.78, 5) is 22.6. The molecule has 0 spiro atoms. The highest BCUT2D eigenvalue weighted by Crippen LogP contribution is 2.24. The van der Waals surface area contributed by atoms with Gasteiger partial charge in [-0.3, -0.25) is 9.79 Å². The van der Waals surface area contributed by atoms with Crippen LogP contribution in [0.3, 0.4) is 0 Å². The molecule has 0 bridgehead atoms. The van der Waals surface area contributed by atoms with Crippen LogP contribution >= 0.6 is 0 Å². The number of pyridine rings is 1. The van der Waals surface area contributed by atoms with Gasteiger partial charge in [0.25, 0.3) is 0 Å². The summed E-state index contributed by atoms with van der Waals surface area (Å²) >= 11 is 0. The molecule has 1 fully saturated rings. The van der Waals surface area contributed by atoms with Gasteiger partial charge >= 0.3 is 0 Å². The van der Waals surface area contributed by atoms with Crippen molar-refractivity contribution in [3.8, 4) is 0 Å². The number of carbonyl (C=O) groups is 1. The van der Waals surface area contributed by atoms with Crippen molar-refractivity contribution < 1.29 is 4.79 Å². The summed E-state index contributed by atoms with van der Waals surface area (Å²) in [6.45, 7) is 2.16. The number of piperidine rings is 1. The summed E-state index contributed by atoms with van der Waals surface area (Å²) in [5.74, 6) is 1.39. The van der Waals surface area contributed by atoms with E-state index in [2.05, 4.69) is 43.7 Å². The molecule has 0 saturated carbocycles. The number of hydrogen-bond donors (Lipinski definition) is 3. The fourth-order valence-corrected chi connectivity index (χ4v) is 3.56. The summed E-state index contributed by atoms with van der Waals surface area (Å²) in [5, 5.41) is 6.82. The van der Waals surface area contributed by atoms with Crippen LogP contribution in [0.15, 0.2) is 35.5 Å². The number of aliphatic imine (C=N–C) groups is 1. The normalized spacial score (nSPS) is 21.0. The van der Waals surface area contributed by atoms with Crippen LogP contribution in [0.25, 0.3) is 0 Å². The average molecular weight is 356 g/mol. The van der Waals surface area contributed by atoms with Gasteiger partial charge in [-0.1, -0.05) is 18.2 Å². The Balaban J connectivity index is 1.64. The van der Waals surface area contributed by atoms with Crippen molar-refractivity contribution in [2.75, 3.05) is 25.0 Å². The Kier molecular flexibility index (Phi) is 6.09. The zero-order valence-corrected chi connectivity index (χ0v) is 15.3. The van der Waals surface area contributed by atoms with Crippen LogP contribution in [-0.4, -0.2) is 43.0 Å². The predicted octanol–water partition coefficient (Wildman–Crippen LogP) is 1.17. The molecule has 7 heteroatoms. The maximum absolute atomic E-state index is 11.6. The summed E-state index contributed by atoms with van der Waals surface area (Å²) in [6, 6.07) is 4.41. The molecule has 26 heavy (non-hydrogen) atoms. The van der Waals surface area contributed by atoms with Crippen LogP contribution in [0.2, 0.25) is 0 Å². The first-order valence-corrected chi connectivity index (χ1v) is 9.27. The van der Waals surface area contributed by atoms with Crippen molar-refractivity contribution in [2.24, 2.45) is 16.6 Å². The van der Waals surface area contributed by atoms with E-state index in [-0.39, 0.29) is 11.8 Å². The van der Waals surface area contributed by atoms with Gasteiger partial charge in [0, 0.05) is 44.5 Å². The standard InChI is InChI=1S/C19H28N6O/c1-21-19(24-16-8-2-3-9-16)23-12-14-6-4-10-22-18(14)25-11-5-7-15(13-25)17(20)26/h2-4,6,10,15-16H,5,7-9,11-13H2,1H3,(H2,20,26)(H2,21,23,24). The Bertz CT molecular complexity index is 678. The Hall–Kier alpha value is -2.57. The molecule has 4 N–H and O–H groups in total. The van der Waals surface area contributed by atoms with Crippen molar-refractivity contribution in [3.05, 3.63) is 36.0 Å². The maximum Gasteiger partial charge on any atom is 0.222 e. The third kappa shape index (κ3) is 4.53. The number of nitrogens with two attached hydrogens (primary N) is 1. The minimum Gasteiger partial charge on any atom is -0.369 e. The Morgan fingerprint density at radius 3 is 2.96 bits per heavy atom. The zero-order valence-electron chi connectivity index (χ0n) is 15.3. The first kappa shape index (κ1) is 18.2. The molecule has 1 unspecified atom stereocenters. The van der Waals surface area contributed by atoms with Crippen LogP contribution in [0.5, 0.6) is 0 Å². The predicted molar refractivity (Wildman–Crippen MR) is 104 cm³/mol. The highest BCUT2D eigenvalue weighted by molar-refractivity contribution is 5.80.